The molecule has 0 heterocycles. The van der Waals surface area contributed by atoms with Crippen LogP contribution in [0, 0.1) is 0 Å². The van der Waals surface area contributed by atoms with Gasteiger partial charge in [0.15, 0.2) is 6.54 Å². The molecule has 7 heteroatoms. The van der Waals surface area contributed by atoms with E-state index in [1.54, 1.807) is 7.11 Å². The number of rotatable bonds is 9. The molecule has 0 aliphatic carbocycles. The first kappa shape index (κ1) is 18.7. The maximum Gasteiger partial charge on any atom is 0.387 e. The van der Waals surface area contributed by atoms with Crippen LogP contribution in [0.1, 0.15) is 5.56 Å². The Hall–Kier alpha value is -2.67. The number of amides is 1. The number of carbonyl (C=O) groups is 1. The molecule has 2 aromatic rings. The van der Waals surface area contributed by atoms with Crippen LogP contribution in [0.15, 0.2) is 48.5 Å². The van der Waals surface area contributed by atoms with Crippen LogP contribution in [0.4, 0.5) is 14.5 Å². The third kappa shape index (κ3) is 6.76. The SMILES string of the molecule is COc1ccc(CC[NH2+]CC(=O)Nc2ccc(OC(F)F)cc2)cc1. The fourth-order valence-corrected chi connectivity index (χ4v) is 2.23. The van der Waals surface area contributed by atoms with Crippen molar-refractivity contribution in [2.45, 2.75) is 13.0 Å². The second-order valence-electron chi connectivity index (χ2n) is 5.33. The molecule has 25 heavy (non-hydrogen) atoms. The minimum Gasteiger partial charge on any atom is -0.497 e. The monoisotopic (exact) mass is 351 g/mol. The minimum atomic E-state index is -2.86. The number of nitrogens with one attached hydrogen (secondary N) is 1. The molecule has 2 aromatic carbocycles. The lowest BCUT2D eigenvalue weighted by Gasteiger charge is -2.07. The van der Waals surface area contributed by atoms with Gasteiger partial charge in [0.25, 0.3) is 5.91 Å². The van der Waals surface area contributed by atoms with Gasteiger partial charge in [0.1, 0.15) is 11.5 Å². The standard InChI is InChI=1S/C18H20F2N2O3/c1-24-15-6-2-13(3-7-15)10-11-21-12-17(23)22-14-4-8-16(9-5-14)25-18(19)20/h2-9,18,21H,10-12H2,1H3,(H,22,23)/p+1. The van der Waals surface area contributed by atoms with E-state index in [9.17, 15) is 13.6 Å². The van der Waals surface area contributed by atoms with E-state index < -0.39 is 6.61 Å². The Morgan fingerprint density at radius 3 is 2.32 bits per heavy atom. The molecule has 5 nitrogen and oxygen atoms in total. The van der Waals surface area contributed by atoms with E-state index in [4.69, 9.17) is 4.74 Å². The van der Waals surface area contributed by atoms with Crippen LogP contribution in [0.2, 0.25) is 0 Å². The topological polar surface area (TPSA) is 64.2 Å². The molecule has 1 amide bonds. The lowest BCUT2D eigenvalue weighted by Crippen LogP contribution is -2.86. The Bertz CT molecular complexity index is 661. The van der Waals surface area contributed by atoms with Gasteiger partial charge in [0.05, 0.1) is 13.7 Å². The Morgan fingerprint density at radius 2 is 1.72 bits per heavy atom. The number of halogens is 2. The van der Waals surface area contributed by atoms with Gasteiger partial charge in [-0.3, -0.25) is 4.79 Å². The van der Waals surface area contributed by atoms with Gasteiger partial charge in [-0.1, -0.05) is 12.1 Å². The third-order valence-electron chi connectivity index (χ3n) is 3.49. The molecule has 0 aliphatic heterocycles. The number of benzene rings is 2. The summed E-state index contributed by atoms with van der Waals surface area (Å²) in [5.74, 6) is 0.716. The second-order valence-corrected chi connectivity index (χ2v) is 5.33. The molecule has 0 unspecified atom stereocenters. The van der Waals surface area contributed by atoms with Gasteiger partial charge in [-0.15, -0.1) is 0 Å². The average Bonchev–Trinajstić information content (AvgIpc) is 2.60. The highest BCUT2D eigenvalue weighted by molar-refractivity contribution is 5.91. The van der Waals surface area contributed by atoms with Crippen LogP contribution >= 0.6 is 0 Å². The summed E-state index contributed by atoms with van der Waals surface area (Å²) in [5.41, 5.74) is 1.71. The first-order chi connectivity index (χ1) is 12.1. The van der Waals surface area contributed by atoms with E-state index >= 15 is 0 Å². The molecule has 0 saturated carbocycles. The normalized spacial score (nSPS) is 10.6. The summed E-state index contributed by atoms with van der Waals surface area (Å²) < 4.78 is 33.5. The van der Waals surface area contributed by atoms with E-state index in [0.29, 0.717) is 5.69 Å². The lowest BCUT2D eigenvalue weighted by molar-refractivity contribution is -0.643. The maximum absolute atomic E-state index is 12.1. The maximum atomic E-state index is 12.1. The molecule has 0 atom stereocenters. The zero-order valence-corrected chi connectivity index (χ0v) is 13.9. The zero-order chi connectivity index (χ0) is 18.1. The van der Waals surface area contributed by atoms with Gasteiger partial charge in [0.2, 0.25) is 0 Å². The molecular weight excluding hydrogens is 330 g/mol. The van der Waals surface area contributed by atoms with Crippen molar-refractivity contribution < 1.29 is 28.4 Å². The van der Waals surface area contributed by atoms with Crippen molar-refractivity contribution in [2.75, 3.05) is 25.5 Å². The van der Waals surface area contributed by atoms with Gasteiger partial charge in [-0.05, 0) is 42.0 Å². The molecule has 0 saturated heterocycles. The fourth-order valence-electron chi connectivity index (χ4n) is 2.23. The van der Waals surface area contributed by atoms with Crippen LogP contribution < -0.4 is 20.1 Å². The highest BCUT2D eigenvalue weighted by atomic mass is 19.3. The van der Waals surface area contributed by atoms with Crippen molar-refractivity contribution in [2.24, 2.45) is 0 Å². The number of anilines is 1. The van der Waals surface area contributed by atoms with Crippen molar-refractivity contribution in [3.8, 4) is 11.5 Å². The van der Waals surface area contributed by atoms with Gasteiger partial charge in [-0.2, -0.15) is 8.78 Å². The van der Waals surface area contributed by atoms with Gasteiger partial charge >= 0.3 is 6.61 Å². The van der Waals surface area contributed by atoms with Gasteiger partial charge in [0, 0.05) is 12.1 Å². The fraction of sp³-hybridized carbons (Fsp3) is 0.278. The summed E-state index contributed by atoms with van der Waals surface area (Å²) in [4.78, 5) is 11.9. The van der Waals surface area contributed by atoms with Crippen molar-refractivity contribution in [1.29, 1.82) is 0 Å². The molecule has 0 fully saturated rings. The van der Waals surface area contributed by atoms with Gasteiger partial charge < -0.3 is 20.1 Å². The van der Waals surface area contributed by atoms with Crippen LogP contribution in [0.3, 0.4) is 0 Å². The lowest BCUT2D eigenvalue weighted by atomic mass is 10.1. The predicted molar refractivity (Wildman–Crippen MR) is 90.1 cm³/mol. The van der Waals surface area contributed by atoms with Crippen molar-refractivity contribution in [1.82, 2.24) is 0 Å². The second kappa shape index (κ2) is 9.58. The summed E-state index contributed by atoms with van der Waals surface area (Å²) in [6.45, 7) is -1.80. The smallest absolute Gasteiger partial charge is 0.387 e. The van der Waals surface area contributed by atoms with E-state index in [0.717, 1.165) is 18.7 Å². The molecule has 0 spiro atoms. The van der Waals surface area contributed by atoms with Crippen molar-refractivity contribution in [3.63, 3.8) is 0 Å². The zero-order valence-electron chi connectivity index (χ0n) is 13.9. The molecular formula is C18H21F2N2O3+. The number of hydrogen-bond acceptors (Lipinski definition) is 3. The van der Waals surface area contributed by atoms with Crippen LogP contribution in [0.25, 0.3) is 0 Å². The number of alkyl halides is 2. The number of methoxy groups -OCH3 is 1. The quantitative estimate of drug-likeness (QED) is 0.680. The van der Waals surface area contributed by atoms with E-state index in [-0.39, 0.29) is 18.2 Å². The Labute approximate surface area is 144 Å². The van der Waals surface area contributed by atoms with E-state index in [1.807, 2.05) is 29.6 Å². The summed E-state index contributed by atoms with van der Waals surface area (Å²) in [7, 11) is 1.63. The highest BCUT2D eigenvalue weighted by Crippen LogP contribution is 2.17. The molecule has 3 N–H and O–H groups in total. The van der Waals surface area contributed by atoms with Crippen LogP contribution in [-0.4, -0.2) is 32.7 Å². The molecule has 0 aliphatic rings. The average molecular weight is 351 g/mol. The molecule has 0 bridgehead atoms. The minimum absolute atomic E-state index is 0.0547. The van der Waals surface area contributed by atoms with Crippen molar-refractivity contribution in [3.05, 3.63) is 54.1 Å². The summed E-state index contributed by atoms with van der Waals surface area (Å²) in [6, 6.07) is 13.6. The summed E-state index contributed by atoms with van der Waals surface area (Å²) in [6.07, 6.45) is 0.844. The number of hydrogen-bond donors (Lipinski definition) is 2. The Balaban J connectivity index is 1.67. The van der Waals surface area contributed by atoms with E-state index in [1.165, 1.54) is 29.8 Å². The van der Waals surface area contributed by atoms with Crippen LogP contribution in [0.5, 0.6) is 11.5 Å². The number of nitrogens with two attached hydrogens (primary N) is 1. The summed E-state index contributed by atoms with van der Waals surface area (Å²) >= 11 is 0. The molecule has 134 valence electrons. The first-order valence-electron chi connectivity index (χ1n) is 7.86. The molecule has 2 rings (SSSR count). The van der Waals surface area contributed by atoms with Crippen molar-refractivity contribution >= 4 is 11.6 Å². The number of quaternary nitrogens is 1. The first-order valence-corrected chi connectivity index (χ1v) is 7.86. The largest absolute Gasteiger partial charge is 0.497 e. The summed E-state index contributed by atoms with van der Waals surface area (Å²) in [5, 5.41) is 4.62. The Kier molecular flexibility index (Phi) is 7.16. The van der Waals surface area contributed by atoms with Crippen LogP contribution in [-0.2, 0) is 11.2 Å². The highest BCUT2D eigenvalue weighted by Gasteiger charge is 2.07. The Morgan fingerprint density at radius 1 is 1.08 bits per heavy atom. The molecule has 0 aromatic heterocycles. The van der Waals surface area contributed by atoms with E-state index in [2.05, 4.69) is 10.1 Å². The third-order valence-corrected chi connectivity index (χ3v) is 3.49. The predicted octanol–water partition coefficient (Wildman–Crippen LogP) is 2.04. The van der Waals surface area contributed by atoms with Gasteiger partial charge in [-0.25, -0.2) is 0 Å². The molecule has 0 radical (unpaired) electrons. The number of carbonyl (C=O) groups excluding carboxylic acids is 1. The number of ether oxygens (including phenoxy) is 2.